The van der Waals surface area contributed by atoms with Crippen molar-refractivity contribution in [1.82, 2.24) is 19.6 Å². The number of likely N-dealkylation sites (N-methyl/N-ethyl adjacent to an activating group) is 2. The summed E-state index contributed by atoms with van der Waals surface area (Å²) in [7, 11) is 8.41. The van der Waals surface area contributed by atoms with Gasteiger partial charge in [-0.2, -0.15) is 0 Å². The summed E-state index contributed by atoms with van der Waals surface area (Å²) in [6, 6.07) is 0. The van der Waals surface area contributed by atoms with Gasteiger partial charge in [0.25, 0.3) is 0 Å². The summed E-state index contributed by atoms with van der Waals surface area (Å²) in [5.74, 6) is 0. The average Bonchev–Trinajstić information content (AvgIpc) is 2.65. The van der Waals surface area contributed by atoms with Crippen LogP contribution in [0.3, 0.4) is 0 Å². The fraction of sp³-hybridized carbons (Fsp3) is 1.00. The minimum atomic E-state index is 0.652. The third kappa shape index (κ3) is 15.6. The quantitative estimate of drug-likeness (QED) is 0.603. The molecule has 8 nitrogen and oxygen atoms in total. The Labute approximate surface area is 172 Å². The fourth-order valence-electron chi connectivity index (χ4n) is 2.77. The monoisotopic (exact) mass is 404 g/mol. The molecule has 0 N–H and O–H groups in total. The highest BCUT2D eigenvalue weighted by Gasteiger charge is 2.08. The van der Waals surface area contributed by atoms with Crippen LogP contribution in [0.15, 0.2) is 0 Å². The molecule has 168 valence electrons. The van der Waals surface area contributed by atoms with Gasteiger partial charge < -0.3 is 28.7 Å². The van der Waals surface area contributed by atoms with Gasteiger partial charge >= 0.3 is 0 Å². The SMILES string of the molecule is CN(C)CCN1CCOCCOCCN(CCN(C)C)CCOCCOCC1. The van der Waals surface area contributed by atoms with E-state index in [1.807, 2.05) is 0 Å². The largest absolute Gasteiger partial charge is 0.378 e. The first-order valence-electron chi connectivity index (χ1n) is 10.6. The Morgan fingerprint density at radius 1 is 0.500 bits per heavy atom. The van der Waals surface area contributed by atoms with Crippen LogP contribution in [-0.4, -0.2) is 153 Å². The maximum Gasteiger partial charge on any atom is 0.0701 e. The lowest BCUT2D eigenvalue weighted by Gasteiger charge is -2.25. The lowest BCUT2D eigenvalue weighted by molar-refractivity contribution is 0.00708. The van der Waals surface area contributed by atoms with Crippen molar-refractivity contribution in [2.24, 2.45) is 0 Å². The van der Waals surface area contributed by atoms with Crippen LogP contribution in [0.5, 0.6) is 0 Å². The van der Waals surface area contributed by atoms with Crippen molar-refractivity contribution in [3.8, 4) is 0 Å². The number of hydrogen-bond donors (Lipinski definition) is 0. The second kappa shape index (κ2) is 17.5. The molecule has 1 rings (SSSR count). The summed E-state index contributed by atoms with van der Waals surface area (Å²) in [4.78, 5) is 9.20. The Morgan fingerprint density at radius 3 is 1.04 bits per heavy atom. The predicted octanol–water partition coefficient (Wildman–Crippen LogP) is -0.206. The van der Waals surface area contributed by atoms with Gasteiger partial charge in [-0.1, -0.05) is 0 Å². The van der Waals surface area contributed by atoms with Crippen molar-refractivity contribution >= 4 is 0 Å². The van der Waals surface area contributed by atoms with Crippen LogP contribution in [0.4, 0.5) is 0 Å². The van der Waals surface area contributed by atoms with E-state index in [1.54, 1.807) is 0 Å². The molecule has 0 aromatic heterocycles. The molecule has 1 fully saturated rings. The predicted molar refractivity (Wildman–Crippen MR) is 113 cm³/mol. The zero-order chi connectivity index (χ0) is 20.5. The highest BCUT2D eigenvalue weighted by atomic mass is 16.5. The van der Waals surface area contributed by atoms with E-state index < -0.39 is 0 Å². The summed E-state index contributed by atoms with van der Waals surface area (Å²) in [6.07, 6.45) is 0. The lowest BCUT2D eigenvalue weighted by atomic mass is 10.4. The Kier molecular flexibility index (Phi) is 16.1. The van der Waals surface area contributed by atoms with Crippen LogP contribution < -0.4 is 0 Å². The minimum absolute atomic E-state index is 0.652. The normalized spacial score (nSPS) is 21.6. The van der Waals surface area contributed by atoms with Crippen molar-refractivity contribution in [1.29, 1.82) is 0 Å². The molecule has 0 spiro atoms. The van der Waals surface area contributed by atoms with E-state index in [-0.39, 0.29) is 0 Å². The van der Waals surface area contributed by atoms with E-state index in [0.29, 0.717) is 26.4 Å². The van der Waals surface area contributed by atoms with Crippen LogP contribution in [0.1, 0.15) is 0 Å². The summed E-state index contributed by atoms with van der Waals surface area (Å²) in [5, 5.41) is 0. The van der Waals surface area contributed by atoms with E-state index in [4.69, 9.17) is 18.9 Å². The van der Waals surface area contributed by atoms with E-state index >= 15 is 0 Å². The smallest absolute Gasteiger partial charge is 0.0701 e. The van der Waals surface area contributed by atoms with E-state index in [0.717, 1.165) is 78.8 Å². The number of hydrogen-bond acceptors (Lipinski definition) is 8. The molecule has 0 atom stereocenters. The first-order valence-corrected chi connectivity index (χ1v) is 10.6. The third-order valence-corrected chi connectivity index (χ3v) is 4.68. The second-order valence-electron chi connectivity index (χ2n) is 7.74. The van der Waals surface area contributed by atoms with Crippen molar-refractivity contribution in [3.05, 3.63) is 0 Å². The molecule has 0 aromatic carbocycles. The van der Waals surface area contributed by atoms with Gasteiger partial charge in [0, 0.05) is 52.4 Å². The molecule has 1 saturated heterocycles. The molecule has 8 heteroatoms. The number of rotatable bonds is 6. The van der Waals surface area contributed by atoms with Gasteiger partial charge in [-0.15, -0.1) is 0 Å². The Hall–Kier alpha value is -0.320. The zero-order valence-electron chi connectivity index (χ0n) is 18.7. The number of ether oxygens (including phenoxy) is 4. The molecule has 0 radical (unpaired) electrons. The fourth-order valence-corrected chi connectivity index (χ4v) is 2.77. The molecule has 0 unspecified atom stereocenters. The molecule has 0 amide bonds. The van der Waals surface area contributed by atoms with Crippen molar-refractivity contribution < 1.29 is 18.9 Å². The lowest BCUT2D eigenvalue weighted by Crippen LogP contribution is -2.37. The standard InChI is InChI=1S/C20H44N4O4/c1-21(2)5-7-23-9-13-25-17-19-27-15-11-24(8-6-22(3)4)12-16-28-20-18-26-14-10-23/h5-20H2,1-4H3. The maximum atomic E-state index is 5.76. The van der Waals surface area contributed by atoms with Gasteiger partial charge in [0.1, 0.15) is 0 Å². The van der Waals surface area contributed by atoms with Crippen LogP contribution in [0.2, 0.25) is 0 Å². The Bertz CT molecular complexity index is 296. The van der Waals surface area contributed by atoms with Gasteiger partial charge in [-0.25, -0.2) is 0 Å². The van der Waals surface area contributed by atoms with Crippen molar-refractivity contribution in [3.63, 3.8) is 0 Å². The maximum absolute atomic E-state index is 5.76. The molecule has 1 aliphatic rings. The molecule has 28 heavy (non-hydrogen) atoms. The van der Waals surface area contributed by atoms with E-state index in [2.05, 4.69) is 47.8 Å². The summed E-state index contributed by atoms with van der Waals surface area (Å²) in [5.41, 5.74) is 0. The summed E-state index contributed by atoms with van der Waals surface area (Å²) in [6.45, 7) is 13.3. The van der Waals surface area contributed by atoms with Crippen LogP contribution in [-0.2, 0) is 18.9 Å². The Morgan fingerprint density at radius 2 is 0.786 bits per heavy atom. The molecular weight excluding hydrogens is 360 g/mol. The summed E-state index contributed by atoms with van der Waals surface area (Å²) < 4.78 is 23.0. The van der Waals surface area contributed by atoms with E-state index in [1.165, 1.54) is 0 Å². The molecular formula is C20H44N4O4. The van der Waals surface area contributed by atoms with Crippen LogP contribution in [0.25, 0.3) is 0 Å². The van der Waals surface area contributed by atoms with Crippen LogP contribution >= 0.6 is 0 Å². The first kappa shape index (κ1) is 25.7. The molecule has 1 heterocycles. The molecule has 0 aliphatic carbocycles. The van der Waals surface area contributed by atoms with Gasteiger partial charge in [-0.3, -0.25) is 9.80 Å². The topological polar surface area (TPSA) is 49.9 Å². The van der Waals surface area contributed by atoms with E-state index in [9.17, 15) is 0 Å². The number of nitrogens with zero attached hydrogens (tertiary/aromatic N) is 4. The van der Waals surface area contributed by atoms with Crippen molar-refractivity contribution in [2.45, 2.75) is 0 Å². The van der Waals surface area contributed by atoms with Gasteiger partial charge in [0.15, 0.2) is 0 Å². The minimum Gasteiger partial charge on any atom is -0.378 e. The Balaban J connectivity index is 2.35. The second-order valence-corrected chi connectivity index (χ2v) is 7.74. The molecule has 0 bridgehead atoms. The first-order chi connectivity index (χ1) is 13.6. The summed E-state index contributed by atoms with van der Waals surface area (Å²) >= 11 is 0. The van der Waals surface area contributed by atoms with Gasteiger partial charge in [-0.05, 0) is 28.2 Å². The third-order valence-electron chi connectivity index (χ3n) is 4.68. The highest BCUT2D eigenvalue weighted by molar-refractivity contribution is 4.61. The zero-order valence-corrected chi connectivity index (χ0v) is 18.7. The highest BCUT2D eigenvalue weighted by Crippen LogP contribution is 1.95. The molecule has 0 saturated carbocycles. The van der Waals surface area contributed by atoms with Gasteiger partial charge in [0.05, 0.1) is 52.9 Å². The molecule has 1 aliphatic heterocycles. The van der Waals surface area contributed by atoms with Gasteiger partial charge in [0.2, 0.25) is 0 Å². The van der Waals surface area contributed by atoms with Crippen LogP contribution in [0, 0.1) is 0 Å². The average molecular weight is 405 g/mol. The van der Waals surface area contributed by atoms with Crippen molar-refractivity contribution in [2.75, 3.05) is 133 Å². The molecule has 0 aromatic rings.